The minimum atomic E-state index is 0.0810. The molecule has 2 aromatic carbocycles. The molecule has 2 aromatic rings. The molecule has 1 fully saturated rings. The molecule has 0 aliphatic carbocycles. The van der Waals surface area contributed by atoms with E-state index in [1.54, 1.807) is 0 Å². The fraction of sp³-hybridized carbons (Fsp3) is 0.409. The maximum atomic E-state index is 8.73. The van der Waals surface area contributed by atoms with Crippen molar-refractivity contribution in [1.29, 1.82) is 5.26 Å². The van der Waals surface area contributed by atoms with E-state index < -0.39 is 0 Å². The number of nitrogens with zero attached hydrogens (tertiary/aromatic N) is 2. The highest BCUT2D eigenvalue weighted by Gasteiger charge is 2.29. The van der Waals surface area contributed by atoms with Crippen molar-refractivity contribution in [1.82, 2.24) is 4.90 Å². The number of likely N-dealkylation sites (tertiary alicyclic amines) is 1. The lowest BCUT2D eigenvalue weighted by Gasteiger charge is -2.38. The van der Waals surface area contributed by atoms with Crippen LogP contribution in [0.5, 0.6) is 0 Å². The van der Waals surface area contributed by atoms with Crippen LogP contribution in [0, 0.1) is 17.2 Å². The van der Waals surface area contributed by atoms with Gasteiger partial charge in [-0.05, 0) is 68.0 Å². The van der Waals surface area contributed by atoms with Crippen molar-refractivity contribution in [3.8, 4) is 6.07 Å². The molecule has 1 saturated heterocycles. The van der Waals surface area contributed by atoms with Gasteiger partial charge in [0.25, 0.3) is 0 Å². The molecule has 136 valence electrons. The molecular formula is C22H24Cl2N2. The van der Waals surface area contributed by atoms with E-state index in [2.05, 4.69) is 23.1 Å². The summed E-state index contributed by atoms with van der Waals surface area (Å²) in [5, 5.41) is 10.3. The molecular weight excluding hydrogens is 363 g/mol. The summed E-state index contributed by atoms with van der Waals surface area (Å²) in [6.45, 7) is 2.05. The molecule has 1 aliphatic heterocycles. The van der Waals surface area contributed by atoms with Gasteiger partial charge >= 0.3 is 0 Å². The topological polar surface area (TPSA) is 27.0 Å². The average molecular weight is 387 g/mol. The van der Waals surface area contributed by atoms with E-state index in [9.17, 15) is 0 Å². The Morgan fingerprint density at radius 1 is 0.962 bits per heavy atom. The fourth-order valence-electron chi connectivity index (χ4n) is 3.92. The lowest BCUT2D eigenvalue weighted by atomic mass is 9.88. The molecule has 0 amide bonds. The van der Waals surface area contributed by atoms with Gasteiger partial charge in [-0.15, -0.1) is 0 Å². The summed E-state index contributed by atoms with van der Waals surface area (Å²) < 4.78 is 0. The number of hydrogen-bond donors (Lipinski definition) is 0. The predicted octanol–water partition coefficient (Wildman–Crippen LogP) is 6.49. The monoisotopic (exact) mass is 386 g/mol. The molecule has 0 atom stereocenters. The second kappa shape index (κ2) is 9.42. The van der Waals surface area contributed by atoms with Crippen molar-refractivity contribution in [2.75, 3.05) is 13.1 Å². The first-order chi connectivity index (χ1) is 12.7. The molecule has 4 heteroatoms. The molecule has 0 aromatic heterocycles. The lowest BCUT2D eigenvalue weighted by Crippen LogP contribution is -2.37. The van der Waals surface area contributed by atoms with E-state index in [-0.39, 0.29) is 6.04 Å². The zero-order valence-corrected chi connectivity index (χ0v) is 16.4. The van der Waals surface area contributed by atoms with Crippen molar-refractivity contribution in [3.63, 3.8) is 0 Å². The average Bonchev–Trinajstić information content (AvgIpc) is 2.66. The Hall–Kier alpha value is -1.53. The van der Waals surface area contributed by atoms with Crippen LogP contribution in [0.2, 0.25) is 10.0 Å². The van der Waals surface area contributed by atoms with Gasteiger partial charge in [-0.3, -0.25) is 4.90 Å². The van der Waals surface area contributed by atoms with Gasteiger partial charge in [0.2, 0.25) is 0 Å². The second-order valence-corrected chi connectivity index (χ2v) is 7.79. The third kappa shape index (κ3) is 4.60. The Morgan fingerprint density at radius 3 is 2.00 bits per heavy atom. The van der Waals surface area contributed by atoms with Crippen LogP contribution in [0.25, 0.3) is 0 Å². The summed E-state index contributed by atoms with van der Waals surface area (Å²) in [6.07, 6.45) is 5.17. The molecule has 0 spiro atoms. The van der Waals surface area contributed by atoms with Crippen LogP contribution in [0.1, 0.15) is 49.3 Å². The number of benzene rings is 2. The largest absolute Gasteiger partial charge is 0.292 e. The van der Waals surface area contributed by atoms with Crippen molar-refractivity contribution >= 4 is 23.2 Å². The van der Waals surface area contributed by atoms with E-state index in [4.69, 9.17) is 28.5 Å². The molecule has 0 unspecified atom stereocenters. The first-order valence-corrected chi connectivity index (χ1v) is 10.1. The highest BCUT2D eigenvalue weighted by molar-refractivity contribution is 6.32. The quantitative estimate of drug-likeness (QED) is 0.530. The molecule has 0 saturated carbocycles. The van der Waals surface area contributed by atoms with Crippen molar-refractivity contribution in [2.45, 2.75) is 38.1 Å². The van der Waals surface area contributed by atoms with E-state index in [1.165, 1.54) is 0 Å². The molecule has 0 bridgehead atoms. The Bertz CT molecular complexity index is 715. The van der Waals surface area contributed by atoms with Crippen LogP contribution < -0.4 is 0 Å². The second-order valence-electron chi connectivity index (χ2n) is 6.98. The first-order valence-electron chi connectivity index (χ1n) is 9.30. The summed E-state index contributed by atoms with van der Waals surface area (Å²) in [5.74, 6) is 0.720. The van der Waals surface area contributed by atoms with Crippen LogP contribution in [-0.4, -0.2) is 18.0 Å². The Kier molecular flexibility index (Phi) is 6.97. The van der Waals surface area contributed by atoms with Crippen LogP contribution in [0.4, 0.5) is 0 Å². The smallest absolute Gasteiger partial charge is 0.0631 e. The molecule has 0 radical (unpaired) electrons. The Morgan fingerprint density at radius 2 is 1.50 bits per heavy atom. The normalized spacial score (nSPS) is 15.9. The standard InChI is InChI=1S/C22H24Cl2N2/c23-20-10-3-1-8-18(20)22(19-9-2-4-11-21(19)24)26-15-12-17(13-16-26)7-5-6-14-25/h1-4,8-11,17,22H,5-7,12-13,15-16H2. The third-order valence-electron chi connectivity index (χ3n) is 5.31. The van der Waals surface area contributed by atoms with Gasteiger partial charge < -0.3 is 0 Å². The van der Waals surface area contributed by atoms with Crippen LogP contribution in [0.15, 0.2) is 48.5 Å². The molecule has 26 heavy (non-hydrogen) atoms. The van der Waals surface area contributed by atoms with Gasteiger partial charge in [0.1, 0.15) is 0 Å². The van der Waals surface area contributed by atoms with E-state index in [0.29, 0.717) is 6.42 Å². The SMILES string of the molecule is N#CCCCC1CCN(C(c2ccccc2Cl)c2ccccc2Cl)CC1. The van der Waals surface area contributed by atoms with Gasteiger partial charge in [0, 0.05) is 16.5 Å². The van der Waals surface area contributed by atoms with Crippen molar-refractivity contribution in [2.24, 2.45) is 5.92 Å². The summed E-state index contributed by atoms with van der Waals surface area (Å²) >= 11 is 13.1. The summed E-state index contributed by atoms with van der Waals surface area (Å²) in [5.41, 5.74) is 2.23. The summed E-state index contributed by atoms with van der Waals surface area (Å²) in [7, 11) is 0. The molecule has 1 aliphatic rings. The van der Waals surface area contributed by atoms with Crippen molar-refractivity contribution in [3.05, 3.63) is 69.7 Å². The fourth-order valence-corrected chi connectivity index (χ4v) is 4.40. The number of hydrogen-bond acceptors (Lipinski definition) is 2. The van der Waals surface area contributed by atoms with E-state index in [1.807, 2.05) is 36.4 Å². The molecule has 2 nitrogen and oxygen atoms in total. The Labute approximate surface area is 166 Å². The van der Waals surface area contributed by atoms with Crippen LogP contribution in [0.3, 0.4) is 0 Å². The number of unbranched alkanes of at least 4 members (excludes halogenated alkanes) is 1. The zero-order valence-electron chi connectivity index (χ0n) is 14.9. The predicted molar refractivity (Wildman–Crippen MR) is 109 cm³/mol. The van der Waals surface area contributed by atoms with E-state index >= 15 is 0 Å². The van der Waals surface area contributed by atoms with Crippen molar-refractivity contribution < 1.29 is 0 Å². The van der Waals surface area contributed by atoms with Gasteiger partial charge in [-0.1, -0.05) is 59.6 Å². The minimum Gasteiger partial charge on any atom is -0.292 e. The summed E-state index contributed by atoms with van der Waals surface area (Å²) in [4.78, 5) is 2.50. The summed E-state index contributed by atoms with van der Waals surface area (Å²) in [6, 6.07) is 18.5. The van der Waals surface area contributed by atoms with Crippen LogP contribution in [-0.2, 0) is 0 Å². The zero-order chi connectivity index (χ0) is 18.4. The number of halogens is 2. The number of nitriles is 1. The first kappa shape index (κ1) is 19.2. The molecule has 0 N–H and O–H groups in total. The van der Waals surface area contributed by atoms with Crippen LogP contribution >= 0.6 is 23.2 Å². The third-order valence-corrected chi connectivity index (χ3v) is 6.00. The van der Waals surface area contributed by atoms with Gasteiger partial charge in [0.15, 0.2) is 0 Å². The van der Waals surface area contributed by atoms with E-state index in [0.717, 1.165) is 65.9 Å². The minimum absolute atomic E-state index is 0.0810. The van der Waals surface area contributed by atoms with Gasteiger partial charge in [-0.25, -0.2) is 0 Å². The van der Waals surface area contributed by atoms with Gasteiger partial charge in [-0.2, -0.15) is 5.26 Å². The van der Waals surface area contributed by atoms with Gasteiger partial charge in [0.05, 0.1) is 12.1 Å². The lowest BCUT2D eigenvalue weighted by molar-refractivity contribution is 0.146. The Balaban J connectivity index is 1.81. The maximum absolute atomic E-state index is 8.73. The maximum Gasteiger partial charge on any atom is 0.0631 e. The number of piperidine rings is 1. The molecule has 1 heterocycles. The molecule has 3 rings (SSSR count). The highest BCUT2D eigenvalue weighted by atomic mass is 35.5. The number of rotatable bonds is 6. The highest BCUT2D eigenvalue weighted by Crippen LogP contribution is 2.39.